The number of thioether (sulfide) groups is 1. The Bertz CT molecular complexity index is 1090. The van der Waals surface area contributed by atoms with E-state index >= 15 is 0 Å². The zero-order valence-corrected chi connectivity index (χ0v) is 16.2. The normalized spacial score (nSPS) is 16.2. The highest BCUT2D eigenvalue weighted by atomic mass is 35.5. The van der Waals surface area contributed by atoms with Crippen molar-refractivity contribution in [3.8, 4) is 5.82 Å². The topological polar surface area (TPSA) is 103 Å². The van der Waals surface area contributed by atoms with Crippen LogP contribution in [0.25, 0.3) is 5.82 Å². The molecule has 1 amide bonds. The van der Waals surface area contributed by atoms with Crippen molar-refractivity contribution < 1.29 is 9.72 Å². The van der Waals surface area contributed by atoms with Gasteiger partial charge in [0.15, 0.2) is 5.82 Å². The van der Waals surface area contributed by atoms with Crippen LogP contribution in [-0.4, -0.2) is 31.3 Å². The lowest BCUT2D eigenvalue weighted by Crippen LogP contribution is -2.16. The molecule has 0 spiro atoms. The van der Waals surface area contributed by atoms with Crippen molar-refractivity contribution in [2.75, 3.05) is 11.1 Å². The maximum Gasteiger partial charge on any atom is 0.288 e. The lowest BCUT2D eigenvalue weighted by Gasteiger charge is -2.15. The number of fused-ring (bicyclic) bond motifs is 1. The fourth-order valence-electron chi connectivity index (χ4n) is 3.12. The van der Waals surface area contributed by atoms with E-state index in [9.17, 15) is 14.9 Å². The summed E-state index contributed by atoms with van der Waals surface area (Å²) in [5.74, 6) is 1.13. The van der Waals surface area contributed by atoms with Crippen molar-refractivity contribution in [2.24, 2.45) is 0 Å². The summed E-state index contributed by atoms with van der Waals surface area (Å²) in [6.07, 6.45) is 1.64. The monoisotopic (exact) mass is 415 g/mol. The number of pyridine rings is 1. The first kappa shape index (κ1) is 18.5. The number of aryl methyl sites for hydroxylation is 1. The number of carbonyl (C=O) groups excluding carboxylic acids is 1. The molecule has 3 aromatic rings. The summed E-state index contributed by atoms with van der Waals surface area (Å²) in [6, 6.07) is 10.1. The van der Waals surface area contributed by atoms with Gasteiger partial charge in [-0.3, -0.25) is 14.9 Å². The Morgan fingerprint density at radius 3 is 2.89 bits per heavy atom. The number of benzene rings is 1. The molecule has 10 heteroatoms. The molecule has 0 saturated heterocycles. The van der Waals surface area contributed by atoms with Crippen LogP contribution in [0.5, 0.6) is 0 Å². The van der Waals surface area contributed by atoms with Crippen molar-refractivity contribution in [1.29, 1.82) is 0 Å². The smallest absolute Gasteiger partial charge is 0.288 e. The number of halogens is 1. The first-order valence-corrected chi connectivity index (χ1v) is 9.74. The minimum Gasteiger partial charge on any atom is -0.310 e. The van der Waals surface area contributed by atoms with Gasteiger partial charge in [0.2, 0.25) is 5.91 Å². The molecular weight excluding hydrogens is 402 g/mol. The molecule has 0 fully saturated rings. The van der Waals surface area contributed by atoms with E-state index in [0.29, 0.717) is 22.9 Å². The van der Waals surface area contributed by atoms with Gasteiger partial charge in [0.1, 0.15) is 10.8 Å². The van der Waals surface area contributed by atoms with Crippen molar-refractivity contribution in [3.63, 3.8) is 0 Å². The van der Waals surface area contributed by atoms with Gasteiger partial charge in [0, 0.05) is 17.8 Å². The molecule has 1 aromatic carbocycles. The molecule has 0 radical (unpaired) electrons. The Morgan fingerprint density at radius 1 is 1.36 bits per heavy atom. The maximum atomic E-state index is 12.3. The summed E-state index contributed by atoms with van der Waals surface area (Å²) >= 11 is 7.35. The molecular formula is C18H14ClN5O3S. The van der Waals surface area contributed by atoms with Crippen molar-refractivity contribution in [2.45, 2.75) is 12.2 Å². The predicted octanol–water partition coefficient (Wildman–Crippen LogP) is 3.91. The van der Waals surface area contributed by atoms with Crippen LogP contribution >= 0.6 is 23.4 Å². The number of aromatic nitrogens is 3. The molecule has 1 aliphatic heterocycles. The van der Waals surface area contributed by atoms with E-state index in [-0.39, 0.29) is 27.6 Å². The number of amides is 1. The second kappa shape index (κ2) is 7.25. The lowest BCUT2D eigenvalue weighted by atomic mass is 10.0. The maximum absolute atomic E-state index is 12.3. The Kier molecular flexibility index (Phi) is 4.78. The number of nitro groups is 1. The average molecular weight is 416 g/mol. The van der Waals surface area contributed by atoms with E-state index in [2.05, 4.69) is 15.4 Å². The SMILES string of the molecule is Cc1nn(-c2ccccn2)c2c1C(c1ccc(Cl)c([N+](=O)[O-])c1)SCC(=O)N2. The molecule has 1 unspecified atom stereocenters. The molecule has 1 aliphatic rings. The molecule has 8 nitrogen and oxygen atoms in total. The lowest BCUT2D eigenvalue weighted by molar-refractivity contribution is -0.384. The summed E-state index contributed by atoms with van der Waals surface area (Å²) in [7, 11) is 0. The molecule has 2 aromatic heterocycles. The zero-order chi connectivity index (χ0) is 19.8. The molecule has 28 heavy (non-hydrogen) atoms. The number of hydrogen-bond acceptors (Lipinski definition) is 6. The second-order valence-electron chi connectivity index (χ2n) is 6.15. The van der Waals surface area contributed by atoms with Gasteiger partial charge < -0.3 is 5.32 Å². The van der Waals surface area contributed by atoms with E-state index in [1.54, 1.807) is 29.1 Å². The average Bonchev–Trinajstić information content (AvgIpc) is 2.88. The molecule has 3 heterocycles. The summed E-state index contributed by atoms with van der Waals surface area (Å²) in [4.78, 5) is 27.4. The minimum absolute atomic E-state index is 0.0719. The third-order valence-corrected chi connectivity index (χ3v) is 5.93. The minimum atomic E-state index is -0.512. The van der Waals surface area contributed by atoms with E-state index in [1.807, 2.05) is 13.0 Å². The van der Waals surface area contributed by atoms with E-state index in [1.165, 1.54) is 23.9 Å². The van der Waals surface area contributed by atoms with Crippen molar-refractivity contribution in [3.05, 3.63) is 74.6 Å². The largest absolute Gasteiger partial charge is 0.310 e. The van der Waals surface area contributed by atoms with Crippen LogP contribution in [-0.2, 0) is 4.79 Å². The van der Waals surface area contributed by atoms with Gasteiger partial charge in [0.05, 0.1) is 21.6 Å². The van der Waals surface area contributed by atoms with Gasteiger partial charge in [0.25, 0.3) is 5.69 Å². The fourth-order valence-corrected chi connectivity index (χ4v) is 4.49. The standard InChI is InChI=1S/C18H14ClN5O3S/c1-10-16-17(11-5-6-12(19)13(8-11)24(26)27)28-9-15(25)21-18(16)23(22-10)14-4-2-3-7-20-14/h2-8,17H,9H2,1H3,(H,21,25). The third kappa shape index (κ3) is 3.23. The summed E-state index contributed by atoms with van der Waals surface area (Å²) < 4.78 is 1.59. The van der Waals surface area contributed by atoms with Crippen molar-refractivity contribution in [1.82, 2.24) is 14.8 Å². The van der Waals surface area contributed by atoms with Gasteiger partial charge in [-0.15, -0.1) is 11.8 Å². The highest BCUT2D eigenvalue weighted by molar-refractivity contribution is 8.00. The number of hydrogen-bond donors (Lipinski definition) is 1. The molecule has 1 atom stereocenters. The van der Waals surface area contributed by atoms with Crippen LogP contribution < -0.4 is 5.32 Å². The molecule has 4 rings (SSSR count). The van der Waals surface area contributed by atoms with Gasteiger partial charge in [-0.25, -0.2) is 4.98 Å². The Balaban J connectivity index is 1.89. The van der Waals surface area contributed by atoms with Crippen LogP contribution in [0.2, 0.25) is 5.02 Å². The highest BCUT2D eigenvalue weighted by Crippen LogP contribution is 2.45. The number of carbonyl (C=O) groups is 1. The number of rotatable bonds is 3. The van der Waals surface area contributed by atoms with E-state index in [4.69, 9.17) is 11.6 Å². The van der Waals surface area contributed by atoms with E-state index < -0.39 is 4.92 Å². The third-order valence-electron chi connectivity index (χ3n) is 4.34. The van der Waals surface area contributed by atoms with Gasteiger partial charge in [-0.05, 0) is 30.7 Å². The Morgan fingerprint density at radius 2 is 2.18 bits per heavy atom. The highest BCUT2D eigenvalue weighted by Gasteiger charge is 2.31. The van der Waals surface area contributed by atoms with Crippen LogP contribution in [0.4, 0.5) is 11.5 Å². The van der Waals surface area contributed by atoms with Gasteiger partial charge in [-0.2, -0.15) is 9.78 Å². The molecule has 142 valence electrons. The quantitative estimate of drug-likeness (QED) is 0.513. The van der Waals surface area contributed by atoms with E-state index in [0.717, 1.165) is 5.56 Å². The summed E-state index contributed by atoms with van der Waals surface area (Å²) in [5, 5.41) is 18.5. The number of nitrogens with one attached hydrogen (secondary N) is 1. The summed E-state index contributed by atoms with van der Waals surface area (Å²) in [6.45, 7) is 1.84. The number of nitrogens with zero attached hydrogens (tertiary/aromatic N) is 4. The molecule has 0 saturated carbocycles. The van der Waals surface area contributed by atoms with Gasteiger partial charge in [-0.1, -0.05) is 23.7 Å². The van der Waals surface area contributed by atoms with Gasteiger partial charge >= 0.3 is 0 Å². The molecule has 0 bridgehead atoms. The predicted molar refractivity (Wildman–Crippen MR) is 107 cm³/mol. The Labute approximate surface area is 169 Å². The molecule has 1 N–H and O–H groups in total. The van der Waals surface area contributed by atoms with Crippen LogP contribution in [0, 0.1) is 17.0 Å². The van der Waals surface area contributed by atoms with Crippen LogP contribution in [0.1, 0.15) is 22.1 Å². The zero-order valence-electron chi connectivity index (χ0n) is 14.6. The van der Waals surface area contributed by atoms with Crippen LogP contribution in [0.15, 0.2) is 42.6 Å². The van der Waals surface area contributed by atoms with Crippen molar-refractivity contribution >= 4 is 40.8 Å². The summed E-state index contributed by atoms with van der Waals surface area (Å²) in [5.41, 5.74) is 2.01. The fraction of sp³-hybridized carbons (Fsp3) is 0.167. The second-order valence-corrected chi connectivity index (χ2v) is 7.66. The first-order valence-electron chi connectivity index (χ1n) is 8.32. The number of anilines is 1. The number of nitro benzene ring substituents is 1. The first-order chi connectivity index (χ1) is 13.5. The van der Waals surface area contributed by atoms with Crippen LogP contribution in [0.3, 0.4) is 0 Å². The Hall–Kier alpha value is -2.91. The molecule has 0 aliphatic carbocycles.